The third-order valence-corrected chi connectivity index (χ3v) is 21.2. The van der Waals surface area contributed by atoms with Crippen molar-refractivity contribution in [3.8, 4) is 34.5 Å². The summed E-state index contributed by atoms with van der Waals surface area (Å²) >= 11 is 0. The first kappa shape index (κ1) is 89.1. The summed E-state index contributed by atoms with van der Waals surface area (Å²) in [5.41, 5.74) is 0.758. The molecule has 4 atom stereocenters. The van der Waals surface area contributed by atoms with Gasteiger partial charge in [0.1, 0.15) is 46.2 Å². The molecular formula is C87H138O14. The molecule has 4 aliphatic carbocycles. The Morgan fingerprint density at radius 2 is 0.644 bits per heavy atom. The van der Waals surface area contributed by atoms with Crippen LogP contribution < -0.4 is 18.9 Å². The average Bonchev–Trinajstić information content (AvgIpc) is 0.837. The number of carbonyl (C=O) groups is 4. The Morgan fingerprint density at radius 3 is 0.990 bits per heavy atom. The second kappa shape index (κ2) is 45.2. The zero-order valence-electron chi connectivity index (χ0n) is 66.5. The van der Waals surface area contributed by atoms with E-state index in [1.165, 1.54) is 132 Å². The zero-order chi connectivity index (χ0) is 75.4. The van der Waals surface area contributed by atoms with E-state index in [4.69, 9.17) is 48.1 Å². The highest BCUT2D eigenvalue weighted by Gasteiger charge is 2.38. The van der Waals surface area contributed by atoms with Crippen LogP contribution in [-0.2, 0) is 38.1 Å². The van der Waals surface area contributed by atoms with Crippen molar-refractivity contribution in [3.05, 3.63) is 108 Å². The first-order valence-corrected chi connectivity index (χ1v) is 39.0. The minimum atomic E-state index is -0.475. The largest absolute Gasteiger partial charge is 0.508 e. The van der Waals surface area contributed by atoms with Crippen molar-refractivity contribution >= 4 is 23.9 Å². The van der Waals surface area contributed by atoms with Gasteiger partial charge in [-0.25, -0.2) is 0 Å². The van der Waals surface area contributed by atoms with Gasteiger partial charge in [-0.3, -0.25) is 19.2 Å². The maximum atomic E-state index is 12.1. The van der Waals surface area contributed by atoms with E-state index in [-0.39, 0.29) is 64.7 Å². The molecule has 4 aromatic carbocycles. The number of hydrogen-bond donors (Lipinski definition) is 2. The van der Waals surface area contributed by atoms with Crippen molar-refractivity contribution in [3.63, 3.8) is 0 Å². The fraction of sp³-hybridized carbons (Fsp3) is 0.678. The summed E-state index contributed by atoms with van der Waals surface area (Å²) in [7, 11) is 0. The molecule has 2 N–H and O–H groups in total. The van der Waals surface area contributed by atoms with Crippen molar-refractivity contribution < 1.29 is 67.3 Å². The lowest BCUT2D eigenvalue weighted by atomic mass is 9.78. The van der Waals surface area contributed by atoms with Crippen LogP contribution in [0.4, 0.5) is 0 Å². The maximum Gasteiger partial charge on any atom is 0.316 e. The first-order chi connectivity index (χ1) is 47.6. The quantitative estimate of drug-likeness (QED) is 0.0363. The van der Waals surface area contributed by atoms with Crippen molar-refractivity contribution in [2.45, 2.75) is 354 Å². The molecule has 0 spiro atoms. The lowest BCUT2D eigenvalue weighted by Gasteiger charge is -2.38. The third-order valence-electron chi connectivity index (χ3n) is 21.2. The Labute approximate surface area is 612 Å². The highest BCUT2D eigenvalue weighted by atomic mass is 16.7. The number of benzene rings is 4. The molecule has 0 saturated heterocycles. The molecule has 101 heavy (non-hydrogen) atoms. The van der Waals surface area contributed by atoms with Crippen molar-refractivity contribution in [1.29, 1.82) is 0 Å². The van der Waals surface area contributed by atoms with Crippen LogP contribution in [-0.4, -0.2) is 70.6 Å². The smallest absolute Gasteiger partial charge is 0.316 e. The normalized spacial score (nSPS) is 17.0. The number of phenols is 2. The number of esters is 4. The third kappa shape index (κ3) is 33.9. The number of aromatic hydroxyl groups is 2. The standard InChI is InChI=1S/C20H30O4.C18H28O2.C15H28O2.C12H16O3.C12H22O2.C10H14O/c1-5-20(3,4)19(21)24-18-13-11-17(12-14-18)23-15(2)22-16-9-7-6-8-10-16;1-4-14(2)16-10-12-18(13-11-16)20-15(3)19-17-8-6-5-7-9-17;1-6-14(2,3)13(16)17-15(4,5)12-10-8-7-9-11-12;1-4-12(2,3)11(14)15-10-7-5-9(13)6-8-10;1-4-12(2,3)11(13)14-10-8-6-5-7-9-10;1-3-8(2)9-4-6-10(11)7-5-9/h11-16H,5-10H2,1-4H3;10-15,17H,4-9H2,1-3H3;12H,6-11H2,1-5H3;5-8,13H,4H2,1-3H3;10H,4-9H2,1-3H3;4-8,11H,3H2,1-2H3. The predicted molar refractivity (Wildman–Crippen MR) is 410 cm³/mol. The number of carbonyl (C=O) groups excluding carboxylic acids is 4. The Balaban J connectivity index is 0.000000320. The highest BCUT2D eigenvalue weighted by Crippen LogP contribution is 2.38. The number of phenolic OH excluding ortho intramolecular Hbond substituents is 2. The summed E-state index contributed by atoms with van der Waals surface area (Å²) in [4.78, 5) is 47.6. The predicted octanol–water partition coefficient (Wildman–Crippen LogP) is 23.6. The number of hydrogen-bond acceptors (Lipinski definition) is 14. The second-order valence-electron chi connectivity index (χ2n) is 31.6. The van der Waals surface area contributed by atoms with E-state index < -0.39 is 10.8 Å². The second-order valence-corrected chi connectivity index (χ2v) is 31.6. The molecule has 14 nitrogen and oxygen atoms in total. The molecule has 0 aliphatic heterocycles. The van der Waals surface area contributed by atoms with Crippen LogP contribution in [0.25, 0.3) is 0 Å². The van der Waals surface area contributed by atoms with E-state index in [2.05, 4.69) is 65.8 Å². The van der Waals surface area contributed by atoms with Crippen LogP contribution in [0, 0.1) is 27.6 Å². The van der Waals surface area contributed by atoms with Crippen LogP contribution in [0.5, 0.6) is 34.5 Å². The van der Waals surface area contributed by atoms with E-state index in [0.717, 1.165) is 63.5 Å². The van der Waals surface area contributed by atoms with Gasteiger partial charge in [-0.1, -0.05) is 144 Å². The van der Waals surface area contributed by atoms with Gasteiger partial charge in [-0.15, -0.1) is 0 Å². The first-order valence-electron chi connectivity index (χ1n) is 39.0. The molecular weight excluding hydrogens is 1270 g/mol. The monoisotopic (exact) mass is 1410 g/mol. The Bertz CT molecular complexity index is 2900. The molecule has 4 unspecified atom stereocenters. The lowest BCUT2D eigenvalue weighted by molar-refractivity contribution is -0.174. The fourth-order valence-electron chi connectivity index (χ4n) is 11.5. The lowest BCUT2D eigenvalue weighted by Crippen LogP contribution is -2.41. The molecule has 0 heterocycles. The van der Waals surface area contributed by atoms with Gasteiger partial charge in [0.15, 0.2) is 12.6 Å². The molecule has 0 amide bonds. The molecule has 4 fully saturated rings. The summed E-state index contributed by atoms with van der Waals surface area (Å²) < 4.78 is 45.5. The van der Waals surface area contributed by atoms with Crippen LogP contribution in [0.3, 0.4) is 0 Å². The SMILES string of the molecule is CCC(C)(C)C(=O)OC(C)(C)C1CCCCC1.CCC(C)(C)C(=O)OC1CCCCC1.CCC(C)(C)C(=O)Oc1ccc(O)cc1.CCC(C)(C)C(=O)Oc1ccc(OC(C)OC2CCCCC2)cc1.CCC(C)c1ccc(O)cc1.CCC(C)c1ccc(OC(C)OC2CCCCC2)cc1. The molecule has 0 aromatic heterocycles. The summed E-state index contributed by atoms with van der Waals surface area (Å²) in [6.45, 7) is 40.2. The summed E-state index contributed by atoms with van der Waals surface area (Å²) in [5, 5.41) is 18.1. The van der Waals surface area contributed by atoms with Crippen molar-refractivity contribution in [2.24, 2.45) is 27.6 Å². The zero-order valence-corrected chi connectivity index (χ0v) is 66.5. The number of rotatable bonds is 25. The van der Waals surface area contributed by atoms with Crippen molar-refractivity contribution in [1.82, 2.24) is 0 Å². The van der Waals surface area contributed by atoms with Crippen LogP contribution >= 0.6 is 0 Å². The van der Waals surface area contributed by atoms with E-state index in [1.807, 2.05) is 121 Å². The van der Waals surface area contributed by atoms with Crippen LogP contribution in [0.15, 0.2) is 97.1 Å². The molecule has 4 aromatic rings. The van der Waals surface area contributed by atoms with Gasteiger partial charge in [0.25, 0.3) is 0 Å². The molecule has 570 valence electrons. The number of ether oxygens (including phenoxy) is 8. The van der Waals surface area contributed by atoms with Crippen LogP contribution in [0.1, 0.15) is 328 Å². The van der Waals surface area contributed by atoms with Gasteiger partial charge in [-0.05, 0) is 287 Å². The van der Waals surface area contributed by atoms with Gasteiger partial charge in [-0.2, -0.15) is 0 Å². The highest BCUT2D eigenvalue weighted by molar-refractivity contribution is 5.79. The van der Waals surface area contributed by atoms with Gasteiger partial charge >= 0.3 is 23.9 Å². The van der Waals surface area contributed by atoms with Crippen molar-refractivity contribution in [2.75, 3.05) is 0 Å². The molecule has 0 radical (unpaired) electrons. The van der Waals surface area contributed by atoms with Gasteiger partial charge in [0.05, 0.1) is 33.9 Å². The summed E-state index contributed by atoms with van der Waals surface area (Å²) in [6, 6.07) is 29.1. The van der Waals surface area contributed by atoms with E-state index in [1.54, 1.807) is 36.4 Å². The fourth-order valence-corrected chi connectivity index (χ4v) is 11.5. The topological polar surface area (TPSA) is 183 Å². The van der Waals surface area contributed by atoms with Gasteiger partial charge in [0.2, 0.25) is 0 Å². The van der Waals surface area contributed by atoms with Gasteiger partial charge < -0.3 is 48.1 Å². The minimum Gasteiger partial charge on any atom is -0.508 e. The maximum absolute atomic E-state index is 12.1. The van der Waals surface area contributed by atoms with E-state index in [0.29, 0.717) is 53.0 Å². The van der Waals surface area contributed by atoms with E-state index in [9.17, 15) is 19.2 Å². The Hall–Kier alpha value is -6.12. The molecule has 8 rings (SSSR count). The molecule has 4 aliphatic rings. The van der Waals surface area contributed by atoms with E-state index >= 15 is 0 Å². The molecule has 14 heteroatoms. The minimum absolute atomic E-state index is 0.0214. The Morgan fingerprint density at radius 1 is 0.366 bits per heavy atom. The van der Waals surface area contributed by atoms with Crippen LogP contribution in [0.2, 0.25) is 0 Å². The van der Waals surface area contributed by atoms with Gasteiger partial charge in [0, 0.05) is 0 Å². The summed E-state index contributed by atoms with van der Waals surface area (Å²) in [6.07, 6.45) is 30.4. The molecule has 4 saturated carbocycles. The molecule has 0 bridgehead atoms. The Kier molecular flexibility index (Phi) is 39.9. The average molecular weight is 1410 g/mol. The summed E-state index contributed by atoms with van der Waals surface area (Å²) in [5.74, 6) is 4.32.